The zero-order valence-electron chi connectivity index (χ0n) is 28.4. The molecule has 0 radical (unpaired) electrons. The van der Waals surface area contributed by atoms with E-state index in [0.29, 0.717) is 17.4 Å². The SMILES string of the molecule is CCCCCC/C=C\CCCCCCCC(=O)NC(COP(=O)([O-])OCC[N+](C)(C)C)C(O)/C=C/CCCCCCCC. The van der Waals surface area contributed by atoms with Gasteiger partial charge < -0.3 is 28.8 Å². The Hall–Kier alpha value is -1.02. The molecule has 0 spiro atoms. The second kappa shape index (κ2) is 27.3. The van der Waals surface area contributed by atoms with Gasteiger partial charge in [0.05, 0.1) is 39.9 Å². The van der Waals surface area contributed by atoms with Gasteiger partial charge in [-0.05, 0) is 44.9 Å². The van der Waals surface area contributed by atoms with Crippen molar-refractivity contribution in [2.75, 3.05) is 40.9 Å². The number of carbonyl (C=O) groups is 1. The molecule has 0 saturated carbocycles. The third-order valence-electron chi connectivity index (χ3n) is 7.41. The van der Waals surface area contributed by atoms with Gasteiger partial charge in [-0.3, -0.25) is 9.36 Å². The van der Waals surface area contributed by atoms with E-state index in [2.05, 4.69) is 31.3 Å². The van der Waals surface area contributed by atoms with Crippen LogP contribution in [0.2, 0.25) is 0 Å². The van der Waals surface area contributed by atoms with Gasteiger partial charge in [-0.2, -0.15) is 0 Å². The normalized spacial score (nSPS) is 15.2. The molecule has 0 aromatic rings. The van der Waals surface area contributed by atoms with Gasteiger partial charge in [-0.25, -0.2) is 0 Å². The number of unbranched alkanes of at least 4 members (excludes halogenated alkanes) is 15. The van der Waals surface area contributed by atoms with Crippen LogP contribution in [0, 0.1) is 0 Å². The predicted octanol–water partition coefficient (Wildman–Crippen LogP) is 7.60. The summed E-state index contributed by atoms with van der Waals surface area (Å²) in [6.07, 6.45) is 28.0. The number of likely N-dealkylation sites (N-methyl/N-ethyl adjacent to an activating group) is 1. The van der Waals surface area contributed by atoms with Gasteiger partial charge in [-0.1, -0.05) is 109 Å². The fourth-order valence-corrected chi connectivity index (χ4v) is 5.28. The molecule has 0 rings (SSSR count). The molecule has 0 aromatic heterocycles. The number of hydrogen-bond acceptors (Lipinski definition) is 6. The van der Waals surface area contributed by atoms with E-state index in [0.717, 1.165) is 51.4 Å². The van der Waals surface area contributed by atoms with Crippen LogP contribution in [0.1, 0.15) is 136 Å². The molecule has 1 amide bonds. The minimum Gasteiger partial charge on any atom is -0.756 e. The number of nitrogens with zero attached hydrogens (tertiary/aromatic N) is 1. The Kier molecular flexibility index (Phi) is 26.7. The molecule has 9 heteroatoms. The summed E-state index contributed by atoms with van der Waals surface area (Å²) in [7, 11) is 1.25. The van der Waals surface area contributed by atoms with Crippen molar-refractivity contribution < 1.29 is 32.9 Å². The lowest BCUT2D eigenvalue weighted by molar-refractivity contribution is -0.870. The summed E-state index contributed by atoms with van der Waals surface area (Å²) >= 11 is 0. The Morgan fingerprint density at radius 2 is 1.28 bits per heavy atom. The van der Waals surface area contributed by atoms with Crippen LogP contribution in [0.4, 0.5) is 0 Å². The van der Waals surface area contributed by atoms with E-state index >= 15 is 0 Å². The number of allylic oxidation sites excluding steroid dienone is 3. The van der Waals surface area contributed by atoms with Crippen molar-refractivity contribution in [3.05, 3.63) is 24.3 Å². The summed E-state index contributed by atoms with van der Waals surface area (Å²) < 4.78 is 22.9. The van der Waals surface area contributed by atoms with Crippen molar-refractivity contribution in [3.8, 4) is 0 Å². The smallest absolute Gasteiger partial charge is 0.268 e. The molecule has 0 fully saturated rings. The lowest BCUT2D eigenvalue weighted by atomic mass is 10.1. The van der Waals surface area contributed by atoms with Crippen LogP contribution in [-0.2, 0) is 18.4 Å². The van der Waals surface area contributed by atoms with Gasteiger partial charge in [-0.15, -0.1) is 0 Å². The van der Waals surface area contributed by atoms with Crippen molar-refractivity contribution in [1.82, 2.24) is 5.32 Å². The Morgan fingerprint density at radius 1 is 0.791 bits per heavy atom. The summed E-state index contributed by atoms with van der Waals surface area (Å²) in [5, 5.41) is 13.6. The van der Waals surface area contributed by atoms with Crippen LogP contribution < -0.4 is 10.2 Å². The second-order valence-corrected chi connectivity index (χ2v) is 14.3. The van der Waals surface area contributed by atoms with E-state index in [4.69, 9.17) is 9.05 Å². The zero-order valence-corrected chi connectivity index (χ0v) is 29.3. The summed E-state index contributed by atoms with van der Waals surface area (Å²) in [5.74, 6) is -0.213. The number of amides is 1. The molecule has 8 nitrogen and oxygen atoms in total. The summed E-state index contributed by atoms with van der Waals surface area (Å²) in [6, 6.07) is -0.883. The Balaban J connectivity index is 4.57. The molecule has 0 aliphatic heterocycles. The average molecular weight is 631 g/mol. The van der Waals surface area contributed by atoms with Crippen LogP contribution in [0.25, 0.3) is 0 Å². The topological polar surface area (TPSA) is 108 Å². The Bertz CT molecular complexity index is 768. The first kappa shape index (κ1) is 42.0. The average Bonchev–Trinajstić information content (AvgIpc) is 2.94. The predicted molar refractivity (Wildman–Crippen MR) is 178 cm³/mol. The minimum absolute atomic E-state index is 0.00263. The van der Waals surface area contributed by atoms with Crippen molar-refractivity contribution in [2.45, 2.75) is 148 Å². The van der Waals surface area contributed by atoms with Crippen molar-refractivity contribution in [3.63, 3.8) is 0 Å². The van der Waals surface area contributed by atoms with Gasteiger partial charge in [0.2, 0.25) is 5.91 Å². The maximum atomic E-state index is 12.7. The van der Waals surface area contributed by atoms with Gasteiger partial charge >= 0.3 is 0 Å². The molecule has 2 N–H and O–H groups in total. The number of phosphoric acid groups is 1. The van der Waals surface area contributed by atoms with E-state index in [1.165, 1.54) is 64.2 Å². The first-order chi connectivity index (χ1) is 20.5. The number of nitrogens with one attached hydrogen (secondary N) is 1. The fourth-order valence-electron chi connectivity index (χ4n) is 4.55. The molecule has 43 heavy (non-hydrogen) atoms. The monoisotopic (exact) mass is 630 g/mol. The van der Waals surface area contributed by atoms with Crippen molar-refractivity contribution in [2.24, 2.45) is 0 Å². The van der Waals surface area contributed by atoms with E-state index in [-0.39, 0.29) is 19.1 Å². The van der Waals surface area contributed by atoms with Crippen LogP contribution >= 0.6 is 7.82 Å². The maximum Gasteiger partial charge on any atom is 0.268 e. The summed E-state index contributed by atoms with van der Waals surface area (Å²) in [6.45, 7) is 4.54. The standard InChI is InChI=1S/C34H67N2O6P/c1-6-8-10-12-14-16-17-18-19-20-22-24-26-28-34(38)35-32(31-42-43(39,40)41-30-29-36(3,4)5)33(37)27-25-23-21-15-13-11-9-7-2/h16-17,25,27,32-33,37H,6-15,18-24,26,28-31H2,1-5H3,(H-,35,38,39,40)/b17-16-,27-25+. The van der Waals surface area contributed by atoms with Crippen LogP contribution in [0.5, 0.6) is 0 Å². The van der Waals surface area contributed by atoms with Gasteiger partial charge in [0.25, 0.3) is 7.82 Å². The van der Waals surface area contributed by atoms with Gasteiger partial charge in [0.15, 0.2) is 0 Å². The molecule has 0 heterocycles. The molecule has 254 valence electrons. The highest BCUT2D eigenvalue weighted by Crippen LogP contribution is 2.38. The Morgan fingerprint density at radius 3 is 1.84 bits per heavy atom. The van der Waals surface area contributed by atoms with E-state index < -0.39 is 20.0 Å². The van der Waals surface area contributed by atoms with E-state index in [1.54, 1.807) is 6.08 Å². The van der Waals surface area contributed by atoms with E-state index in [1.807, 2.05) is 27.2 Å². The first-order valence-corrected chi connectivity index (χ1v) is 18.7. The zero-order chi connectivity index (χ0) is 32.2. The molecule has 0 bridgehead atoms. The highest BCUT2D eigenvalue weighted by atomic mass is 31.2. The van der Waals surface area contributed by atoms with Crippen molar-refractivity contribution in [1.29, 1.82) is 0 Å². The van der Waals surface area contributed by atoms with Crippen molar-refractivity contribution >= 4 is 13.7 Å². The largest absolute Gasteiger partial charge is 0.756 e. The van der Waals surface area contributed by atoms with Gasteiger partial charge in [0.1, 0.15) is 13.2 Å². The minimum atomic E-state index is -4.57. The third kappa shape index (κ3) is 29.5. The highest BCUT2D eigenvalue weighted by molar-refractivity contribution is 7.45. The number of rotatable bonds is 30. The fraction of sp³-hybridized carbons (Fsp3) is 0.853. The summed E-state index contributed by atoms with van der Waals surface area (Å²) in [5.41, 5.74) is 0. The van der Waals surface area contributed by atoms with E-state index in [9.17, 15) is 19.4 Å². The number of aliphatic hydroxyl groups is 1. The number of carbonyl (C=O) groups excluding carboxylic acids is 1. The van der Waals surface area contributed by atoms with Crippen LogP contribution in [0.3, 0.4) is 0 Å². The Labute approximate surface area is 264 Å². The number of hydrogen-bond donors (Lipinski definition) is 2. The second-order valence-electron chi connectivity index (χ2n) is 12.9. The summed E-state index contributed by atoms with van der Waals surface area (Å²) in [4.78, 5) is 25.0. The molecule has 3 atom stereocenters. The molecule has 0 aliphatic rings. The quantitative estimate of drug-likeness (QED) is 0.0366. The molecule has 0 aliphatic carbocycles. The van der Waals surface area contributed by atoms with Crippen LogP contribution in [0.15, 0.2) is 24.3 Å². The lowest BCUT2D eigenvalue weighted by Crippen LogP contribution is -2.45. The molecule has 0 saturated heterocycles. The number of phosphoric ester groups is 1. The van der Waals surface area contributed by atoms with Crippen LogP contribution in [-0.4, -0.2) is 68.5 Å². The first-order valence-electron chi connectivity index (χ1n) is 17.2. The maximum absolute atomic E-state index is 12.7. The lowest BCUT2D eigenvalue weighted by Gasteiger charge is -2.29. The molecular weight excluding hydrogens is 563 g/mol. The number of quaternary nitrogens is 1. The number of aliphatic hydroxyl groups excluding tert-OH is 1. The molecular formula is C34H67N2O6P. The molecule has 3 unspecified atom stereocenters. The van der Waals surface area contributed by atoms with Gasteiger partial charge in [0, 0.05) is 6.42 Å². The third-order valence-corrected chi connectivity index (χ3v) is 8.37. The molecule has 0 aromatic carbocycles. The highest BCUT2D eigenvalue weighted by Gasteiger charge is 2.23.